The van der Waals surface area contributed by atoms with Crippen molar-refractivity contribution in [2.45, 2.75) is 38.8 Å². The van der Waals surface area contributed by atoms with E-state index in [9.17, 15) is 0 Å². The number of halogens is 2. The van der Waals surface area contributed by atoms with Crippen LogP contribution >= 0.6 is 31.9 Å². The highest BCUT2D eigenvalue weighted by atomic mass is 79.9. The second kappa shape index (κ2) is 7.08. The van der Waals surface area contributed by atoms with Crippen LogP contribution in [0.5, 0.6) is 0 Å². The second-order valence-electron chi connectivity index (χ2n) is 4.91. The molecule has 1 N–H and O–H groups in total. The highest BCUT2D eigenvalue weighted by Gasteiger charge is 2.16. The van der Waals surface area contributed by atoms with E-state index in [-0.39, 0.29) is 0 Å². The number of furan rings is 1. The topological polar surface area (TPSA) is 28.4 Å². The fourth-order valence-corrected chi connectivity index (χ4v) is 3.03. The van der Waals surface area contributed by atoms with Crippen LogP contribution in [-0.4, -0.2) is 30.6 Å². The van der Waals surface area contributed by atoms with Crippen LogP contribution in [-0.2, 0) is 6.54 Å². The minimum Gasteiger partial charge on any atom is -0.452 e. The van der Waals surface area contributed by atoms with Crippen molar-refractivity contribution in [2.75, 3.05) is 19.6 Å². The fraction of sp³-hybridized carbons (Fsp3) is 0.692. The molecule has 1 atom stereocenters. The summed E-state index contributed by atoms with van der Waals surface area (Å²) in [5.41, 5.74) is 0. The molecule has 102 valence electrons. The molecule has 1 aromatic rings. The van der Waals surface area contributed by atoms with Crippen LogP contribution in [0.3, 0.4) is 0 Å². The molecule has 0 aliphatic carbocycles. The monoisotopic (exact) mass is 378 g/mol. The molecule has 1 saturated heterocycles. The average Bonchev–Trinajstić information content (AvgIpc) is 2.69. The van der Waals surface area contributed by atoms with Gasteiger partial charge in [-0.3, -0.25) is 4.90 Å². The first kappa shape index (κ1) is 14.6. The molecule has 1 aliphatic rings. The summed E-state index contributed by atoms with van der Waals surface area (Å²) in [4.78, 5) is 2.57. The summed E-state index contributed by atoms with van der Waals surface area (Å²) in [5, 5.41) is 3.46. The Balaban J connectivity index is 1.71. The van der Waals surface area contributed by atoms with Gasteiger partial charge in [-0.2, -0.15) is 0 Å². The molecule has 0 bridgehead atoms. The largest absolute Gasteiger partial charge is 0.452 e. The third kappa shape index (κ3) is 4.08. The Morgan fingerprint density at radius 1 is 1.33 bits per heavy atom. The first-order valence-corrected chi connectivity index (χ1v) is 8.14. The molecule has 5 heteroatoms. The Hall–Kier alpha value is 0.160. The fourth-order valence-electron chi connectivity index (χ4n) is 2.37. The minimum absolute atomic E-state index is 0.604. The lowest BCUT2D eigenvalue weighted by Crippen LogP contribution is -2.42. The van der Waals surface area contributed by atoms with Crippen molar-refractivity contribution in [3.8, 4) is 0 Å². The first-order chi connectivity index (χ1) is 8.66. The first-order valence-electron chi connectivity index (χ1n) is 6.55. The number of likely N-dealkylation sites (tertiary alicyclic amines) is 1. The molecular formula is C13H20Br2N2O. The summed E-state index contributed by atoms with van der Waals surface area (Å²) in [6.45, 7) is 6.59. The molecule has 0 aromatic carbocycles. The van der Waals surface area contributed by atoms with Crippen LogP contribution < -0.4 is 5.32 Å². The van der Waals surface area contributed by atoms with Gasteiger partial charge in [0.1, 0.15) is 5.76 Å². The molecular weight excluding hydrogens is 360 g/mol. The summed E-state index contributed by atoms with van der Waals surface area (Å²) < 4.78 is 7.28. The van der Waals surface area contributed by atoms with Crippen LogP contribution in [0.1, 0.15) is 31.9 Å². The third-order valence-electron chi connectivity index (χ3n) is 3.45. The predicted molar refractivity (Wildman–Crippen MR) is 80.7 cm³/mol. The van der Waals surface area contributed by atoms with Crippen molar-refractivity contribution in [2.24, 2.45) is 0 Å². The number of piperidine rings is 1. The van der Waals surface area contributed by atoms with E-state index < -0.39 is 0 Å². The summed E-state index contributed by atoms with van der Waals surface area (Å²) in [6.07, 6.45) is 4.09. The second-order valence-corrected chi connectivity index (χ2v) is 6.49. The maximum Gasteiger partial charge on any atom is 0.183 e. The van der Waals surface area contributed by atoms with Gasteiger partial charge in [-0.25, -0.2) is 0 Å². The molecule has 0 spiro atoms. The van der Waals surface area contributed by atoms with Gasteiger partial charge in [-0.1, -0.05) is 6.42 Å². The Morgan fingerprint density at radius 3 is 2.67 bits per heavy atom. The molecule has 0 radical (unpaired) electrons. The summed E-state index contributed by atoms with van der Waals surface area (Å²) >= 11 is 6.77. The van der Waals surface area contributed by atoms with Crippen LogP contribution in [0, 0.1) is 0 Å². The molecule has 1 aliphatic heterocycles. The molecule has 2 rings (SSSR count). The summed E-state index contributed by atoms with van der Waals surface area (Å²) in [6, 6.07) is 2.61. The molecule has 1 unspecified atom stereocenters. The molecule has 1 fully saturated rings. The summed E-state index contributed by atoms with van der Waals surface area (Å²) in [5.74, 6) is 0.958. The molecule has 0 amide bonds. The van der Waals surface area contributed by atoms with Gasteiger partial charge < -0.3 is 9.73 Å². The third-order valence-corrected chi connectivity index (χ3v) is 5.16. The number of hydrogen-bond donors (Lipinski definition) is 1. The quantitative estimate of drug-likeness (QED) is 0.843. The average molecular weight is 380 g/mol. The van der Waals surface area contributed by atoms with Crippen LogP contribution in [0.2, 0.25) is 0 Å². The normalized spacial score (nSPS) is 19.1. The van der Waals surface area contributed by atoms with Gasteiger partial charge in [-0.15, -0.1) is 0 Å². The van der Waals surface area contributed by atoms with Crippen molar-refractivity contribution < 1.29 is 4.42 Å². The van der Waals surface area contributed by atoms with Gasteiger partial charge in [0.05, 0.1) is 11.0 Å². The number of hydrogen-bond acceptors (Lipinski definition) is 3. The number of rotatable bonds is 5. The lowest BCUT2D eigenvalue weighted by Gasteiger charge is -2.32. The van der Waals surface area contributed by atoms with E-state index in [0.29, 0.717) is 6.04 Å². The van der Waals surface area contributed by atoms with E-state index in [0.717, 1.165) is 28.0 Å². The highest BCUT2D eigenvalue weighted by molar-refractivity contribution is 9.13. The Labute approximate surface area is 126 Å². The van der Waals surface area contributed by atoms with Crippen molar-refractivity contribution >= 4 is 31.9 Å². The van der Waals surface area contributed by atoms with Crippen molar-refractivity contribution in [3.63, 3.8) is 0 Å². The van der Waals surface area contributed by atoms with E-state index in [4.69, 9.17) is 4.42 Å². The molecule has 3 nitrogen and oxygen atoms in total. The zero-order valence-corrected chi connectivity index (χ0v) is 13.9. The maximum atomic E-state index is 5.54. The van der Waals surface area contributed by atoms with Crippen molar-refractivity contribution in [1.82, 2.24) is 10.2 Å². The van der Waals surface area contributed by atoms with Crippen LogP contribution in [0.4, 0.5) is 0 Å². The van der Waals surface area contributed by atoms with E-state index in [2.05, 4.69) is 49.0 Å². The van der Waals surface area contributed by atoms with E-state index in [1.807, 2.05) is 6.07 Å². The van der Waals surface area contributed by atoms with Crippen molar-refractivity contribution in [3.05, 3.63) is 21.0 Å². The minimum atomic E-state index is 0.604. The standard InChI is InChI=1S/C13H20Br2N2O/c1-10(17-5-3-2-4-6-17)8-16-9-11-7-12(14)13(15)18-11/h7,10,16H,2-6,8-9H2,1H3. The summed E-state index contributed by atoms with van der Waals surface area (Å²) in [7, 11) is 0. The Bertz CT molecular complexity index is 356. The van der Waals surface area contributed by atoms with Gasteiger partial charge in [0.2, 0.25) is 0 Å². The van der Waals surface area contributed by atoms with Crippen LogP contribution in [0.25, 0.3) is 0 Å². The van der Waals surface area contributed by atoms with Gasteiger partial charge in [0, 0.05) is 12.6 Å². The SMILES string of the molecule is CC(CNCc1cc(Br)c(Br)o1)N1CCCCC1. The van der Waals surface area contributed by atoms with E-state index in [1.165, 1.54) is 32.4 Å². The number of nitrogens with zero attached hydrogens (tertiary/aromatic N) is 1. The smallest absolute Gasteiger partial charge is 0.183 e. The van der Waals surface area contributed by atoms with Gasteiger partial charge in [-0.05, 0) is 70.8 Å². The number of nitrogens with one attached hydrogen (secondary N) is 1. The lowest BCUT2D eigenvalue weighted by molar-refractivity contribution is 0.170. The van der Waals surface area contributed by atoms with Gasteiger partial charge in [0.25, 0.3) is 0 Å². The highest BCUT2D eigenvalue weighted by Crippen LogP contribution is 2.26. The zero-order valence-electron chi connectivity index (χ0n) is 10.7. The lowest BCUT2D eigenvalue weighted by atomic mass is 10.1. The predicted octanol–water partition coefficient (Wildman–Crippen LogP) is 3.77. The Morgan fingerprint density at radius 2 is 2.06 bits per heavy atom. The van der Waals surface area contributed by atoms with Crippen molar-refractivity contribution in [1.29, 1.82) is 0 Å². The molecule has 0 saturated carbocycles. The zero-order chi connectivity index (χ0) is 13.0. The van der Waals surface area contributed by atoms with E-state index >= 15 is 0 Å². The molecule has 18 heavy (non-hydrogen) atoms. The van der Waals surface area contributed by atoms with Gasteiger partial charge in [0.15, 0.2) is 4.67 Å². The maximum absolute atomic E-state index is 5.54. The molecule has 2 heterocycles. The van der Waals surface area contributed by atoms with Gasteiger partial charge >= 0.3 is 0 Å². The van der Waals surface area contributed by atoms with Crippen LogP contribution in [0.15, 0.2) is 19.6 Å². The molecule has 1 aromatic heterocycles. The van der Waals surface area contributed by atoms with E-state index in [1.54, 1.807) is 0 Å². The Kier molecular flexibility index (Phi) is 5.73.